The SMILES string of the molecule is CNC(=O)c1ccc(-c2ccc(OC(F)(F)F)c(C(=O)NCC(CO)Cc3c[nH]c4ncccc34)c2)cc1. The zero-order valence-electron chi connectivity index (χ0n) is 20.3. The highest BCUT2D eigenvalue weighted by molar-refractivity contribution is 5.98. The van der Waals surface area contributed by atoms with Crippen molar-refractivity contribution in [3.8, 4) is 16.9 Å². The van der Waals surface area contributed by atoms with E-state index in [1.54, 1.807) is 42.7 Å². The molecular formula is C27H25F3N4O4. The Bertz CT molecular complexity index is 1430. The minimum absolute atomic E-state index is 0.0127. The van der Waals surface area contributed by atoms with Crippen LogP contribution in [0.4, 0.5) is 13.2 Å². The van der Waals surface area contributed by atoms with E-state index in [-0.39, 0.29) is 24.6 Å². The molecule has 2 aromatic heterocycles. The fraction of sp³-hybridized carbons (Fsp3) is 0.222. The zero-order chi connectivity index (χ0) is 27.3. The summed E-state index contributed by atoms with van der Waals surface area (Å²) in [7, 11) is 1.50. The quantitative estimate of drug-likeness (QED) is 0.262. The van der Waals surface area contributed by atoms with Crippen molar-refractivity contribution < 1.29 is 32.6 Å². The number of alkyl halides is 3. The Labute approximate surface area is 215 Å². The van der Waals surface area contributed by atoms with E-state index in [1.165, 1.54) is 19.2 Å². The molecule has 1 unspecified atom stereocenters. The minimum atomic E-state index is -5.00. The number of carbonyl (C=O) groups is 2. The summed E-state index contributed by atoms with van der Waals surface area (Å²) in [5, 5.41) is 15.9. The van der Waals surface area contributed by atoms with E-state index in [0.717, 1.165) is 17.0 Å². The van der Waals surface area contributed by atoms with E-state index >= 15 is 0 Å². The fourth-order valence-corrected chi connectivity index (χ4v) is 4.09. The Balaban J connectivity index is 1.54. The number of rotatable bonds is 9. The van der Waals surface area contributed by atoms with E-state index < -0.39 is 23.9 Å². The first-order valence-corrected chi connectivity index (χ1v) is 11.7. The number of halogens is 3. The Morgan fingerprint density at radius 3 is 2.50 bits per heavy atom. The van der Waals surface area contributed by atoms with Crippen molar-refractivity contribution in [3.05, 3.63) is 83.7 Å². The van der Waals surface area contributed by atoms with Gasteiger partial charge in [0.15, 0.2) is 0 Å². The molecule has 0 radical (unpaired) electrons. The summed E-state index contributed by atoms with van der Waals surface area (Å²) in [6.07, 6.45) is -1.16. The number of benzene rings is 2. The second-order valence-electron chi connectivity index (χ2n) is 8.59. The first-order valence-electron chi connectivity index (χ1n) is 11.7. The molecule has 1 atom stereocenters. The van der Waals surface area contributed by atoms with E-state index in [0.29, 0.717) is 28.8 Å². The summed E-state index contributed by atoms with van der Waals surface area (Å²) < 4.78 is 43.2. The highest BCUT2D eigenvalue weighted by atomic mass is 19.4. The molecule has 8 nitrogen and oxygen atoms in total. The number of H-pyrrole nitrogens is 1. The van der Waals surface area contributed by atoms with Crippen molar-refractivity contribution in [3.63, 3.8) is 0 Å². The highest BCUT2D eigenvalue weighted by Crippen LogP contribution is 2.31. The number of carbonyl (C=O) groups excluding carboxylic acids is 2. The van der Waals surface area contributed by atoms with Gasteiger partial charge < -0.3 is 25.5 Å². The zero-order valence-corrected chi connectivity index (χ0v) is 20.3. The Hall–Kier alpha value is -4.38. The molecule has 0 spiro atoms. The molecule has 0 bridgehead atoms. The number of pyridine rings is 1. The third-order valence-corrected chi connectivity index (χ3v) is 6.01. The van der Waals surface area contributed by atoms with Gasteiger partial charge in [0.1, 0.15) is 11.4 Å². The molecule has 198 valence electrons. The fourth-order valence-electron chi connectivity index (χ4n) is 4.09. The summed E-state index contributed by atoms with van der Waals surface area (Å²) >= 11 is 0. The van der Waals surface area contributed by atoms with Crippen molar-refractivity contribution in [2.24, 2.45) is 5.92 Å². The van der Waals surface area contributed by atoms with E-state index in [2.05, 4.69) is 25.3 Å². The number of hydrogen-bond acceptors (Lipinski definition) is 5. The second-order valence-corrected chi connectivity index (χ2v) is 8.59. The van der Waals surface area contributed by atoms with Crippen molar-refractivity contribution in [1.82, 2.24) is 20.6 Å². The minimum Gasteiger partial charge on any atom is -0.405 e. The van der Waals surface area contributed by atoms with Gasteiger partial charge in [0.2, 0.25) is 0 Å². The first kappa shape index (κ1) is 26.7. The molecule has 4 N–H and O–H groups in total. The lowest BCUT2D eigenvalue weighted by Gasteiger charge is -2.17. The van der Waals surface area contributed by atoms with Gasteiger partial charge in [-0.1, -0.05) is 18.2 Å². The number of ether oxygens (including phenoxy) is 1. The predicted molar refractivity (Wildman–Crippen MR) is 135 cm³/mol. The van der Waals surface area contributed by atoms with Crippen LogP contribution in [0.2, 0.25) is 0 Å². The summed E-state index contributed by atoms with van der Waals surface area (Å²) in [4.78, 5) is 32.1. The monoisotopic (exact) mass is 526 g/mol. The Kier molecular flexibility index (Phi) is 7.96. The van der Waals surface area contributed by atoms with Gasteiger partial charge in [-0.3, -0.25) is 9.59 Å². The van der Waals surface area contributed by atoms with E-state index in [9.17, 15) is 27.9 Å². The van der Waals surface area contributed by atoms with E-state index in [4.69, 9.17) is 0 Å². The van der Waals surface area contributed by atoms with Crippen LogP contribution < -0.4 is 15.4 Å². The van der Waals surface area contributed by atoms with Crippen LogP contribution in [-0.2, 0) is 6.42 Å². The molecule has 11 heteroatoms. The number of hydrogen-bond donors (Lipinski definition) is 4. The predicted octanol–water partition coefficient (Wildman–Crippen LogP) is 4.07. The Morgan fingerprint density at radius 1 is 1.08 bits per heavy atom. The molecule has 4 rings (SSSR count). The molecule has 2 aromatic carbocycles. The number of aliphatic hydroxyl groups is 1. The van der Waals surface area contributed by atoms with E-state index in [1.807, 2.05) is 6.07 Å². The summed E-state index contributed by atoms with van der Waals surface area (Å²) in [6, 6.07) is 13.8. The van der Waals surface area contributed by atoms with Crippen LogP contribution in [0.15, 0.2) is 67.0 Å². The summed E-state index contributed by atoms with van der Waals surface area (Å²) in [5.74, 6) is -2.12. The molecule has 38 heavy (non-hydrogen) atoms. The largest absolute Gasteiger partial charge is 0.573 e. The van der Waals surface area contributed by atoms with Gasteiger partial charge in [0.25, 0.3) is 11.8 Å². The highest BCUT2D eigenvalue weighted by Gasteiger charge is 2.33. The van der Waals surface area contributed by atoms with Gasteiger partial charge in [-0.2, -0.15) is 0 Å². The molecule has 0 fully saturated rings. The lowest BCUT2D eigenvalue weighted by Crippen LogP contribution is -2.32. The van der Waals surface area contributed by atoms with Crippen LogP contribution in [0, 0.1) is 5.92 Å². The standard InChI is InChI=1S/C27H25F3N4O4/c1-31-25(36)18-6-4-17(5-7-18)19-8-9-23(38-27(28,29)30)22(12-19)26(37)34-13-16(15-35)11-20-14-33-24-21(20)3-2-10-32-24/h2-10,12,14,16,35H,11,13,15H2,1H3,(H,31,36)(H,32,33)(H,34,37). The van der Waals surface area contributed by atoms with Gasteiger partial charge >= 0.3 is 6.36 Å². The number of nitrogens with zero attached hydrogens (tertiary/aromatic N) is 1. The number of fused-ring (bicyclic) bond motifs is 1. The van der Waals surface area contributed by atoms with Crippen molar-refractivity contribution in [2.45, 2.75) is 12.8 Å². The second kappa shape index (κ2) is 11.3. The first-order chi connectivity index (χ1) is 18.2. The van der Waals surface area contributed by atoms with Crippen LogP contribution in [0.25, 0.3) is 22.2 Å². The third kappa shape index (κ3) is 6.30. The number of aromatic amines is 1. The maximum Gasteiger partial charge on any atom is 0.573 e. The van der Waals surface area contributed by atoms with Crippen LogP contribution in [0.3, 0.4) is 0 Å². The van der Waals surface area contributed by atoms with Gasteiger partial charge in [0, 0.05) is 49.5 Å². The van der Waals surface area contributed by atoms with Crippen LogP contribution in [0.5, 0.6) is 5.75 Å². The van der Waals surface area contributed by atoms with Gasteiger partial charge in [0.05, 0.1) is 5.56 Å². The topological polar surface area (TPSA) is 116 Å². The molecular weight excluding hydrogens is 501 g/mol. The molecule has 0 saturated carbocycles. The normalized spacial score (nSPS) is 12.2. The van der Waals surface area contributed by atoms with Gasteiger partial charge in [-0.25, -0.2) is 4.98 Å². The maximum absolute atomic E-state index is 13.0. The summed E-state index contributed by atoms with van der Waals surface area (Å²) in [5.41, 5.74) is 2.72. The molecule has 0 aliphatic rings. The summed E-state index contributed by atoms with van der Waals surface area (Å²) in [6.45, 7) is -0.240. The lowest BCUT2D eigenvalue weighted by molar-refractivity contribution is -0.274. The van der Waals surface area contributed by atoms with Crippen LogP contribution >= 0.6 is 0 Å². The molecule has 4 aromatic rings. The van der Waals surface area contributed by atoms with Crippen molar-refractivity contribution in [1.29, 1.82) is 0 Å². The Morgan fingerprint density at radius 2 is 1.82 bits per heavy atom. The number of amides is 2. The van der Waals surface area contributed by atoms with Gasteiger partial charge in [-0.15, -0.1) is 13.2 Å². The van der Waals surface area contributed by atoms with Crippen molar-refractivity contribution >= 4 is 22.8 Å². The molecule has 0 aliphatic carbocycles. The number of aliphatic hydroxyl groups excluding tert-OH is 1. The number of nitrogens with one attached hydrogen (secondary N) is 3. The van der Waals surface area contributed by atoms with Crippen LogP contribution in [-0.4, -0.2) is 53.5 Å². The lowest BCUT2D eigenvalue weighted by atomic mass is 9.99. The van der Waals surface area contributed by atoms with Crippen molar-refractivity contribution in [2.75, 3.05) is 20.2 Å². The average molecular weight is 527 g/mol. The average Bonchev–Trinajstić information content (AvgIpc) is 3.32. The van der Waals surface area contributed by atoms with Crippen LogP contribution in [0.1, 0.15) is 26.3 Å². The molecule has 0 saturated heterocycles. The molecule has 2 heterocycles. The number of aromatic nitrogens is 2. The maximum atomic E-state index is 13.0. The molecule has 2 amide bonds. The smallest absolute Gasteiger partial charge is 0.405 e. The van der Waals surface area contributed by atoms with Gasteiger partial charge in [-0.05, 0) is 59.5 Å². The molecule has 0 aliphatic heterocycles. The third-order valence-electron chi connectivity index (χ3n) is 6.01.